The molecule has 1 aromatic carbocycles. The summed E-state index contributed by atoms with van der Waals surface area (Å²) in [4.78, 5) is 21.1. The van der Waals surface area contributed by atoms with Crippen LogP contribution in [0, 0.1) is 20.8 Å². The summed E-state index contributed by atoms with van der Waals surface area (Å²) in [6.07, 6.45) is 3.44. The van der Waals surface area contributed by atoms with Gasteiger partial charge in [0.15, 0.2) is 0 Å². The van der Waals surface area contributed by atoms with Crippen molar-refractivity contribution in [3.63, 3.8) is 0 Å². The number of rotatable bonds is 7. The van der Waals surface area contributed by atoms with Gasteiger partial charge in [0.1, 0.15) is 17.3 Å². The maximum Gasteiger partial charge on any atom is 0.274 e. The molecule has 5 nitrogen and oxygen atoms in total. The van der Waals surface area contributed by atoms with E-state index in [-0.39, 0.29) is 5.91 Å². The number of aryl methyl sites for hydroxylation is 2. The van der Waals surface area contributed by atoms with E-state index in [1.54, 1.807) is 13.0 Å². The van der Waals surface area contributed by atoms with Crippen molar-refractivity contribution in [3.05, 3.63) is 46.9 Å². The number of anilines is 2. The van der Waals surface area contributed by atoms with Crippen molar-refractivity contribution in [1.82, 2.24) is 9.97 Å². The normalized spacial score (nSPS) is 10.5. The summed E-state index contributed by atoms with van der Waals surface area (Å²) in [5, 5.41) is 6.21. The molecule has 24 heavy (non-hydrogen) atoms. The molecule has 2 aromatic rings. The predicted molar refractivity (Wildman–Crippen MR) is 98.7 cm³/mol. The first-order chi connectivity index (χ1) is 11.5. The van der Waals surface area contributed by atoms with E-state index in [9.17, 15) is 4.79 Å². The first-order valence-corrected chi connectivity index (χ1v) is 8.48. The second-order valence-electron chi connectivity index (χ2n) is 6.02. The molecule has 0 atom stereocenters. The average molecular weight is 326 g/mol. The lowest BCUT2D eigenvalue weighted by molar-refractivity contribution is 0.102. The van der Waals surface area contributed by atoms with Gasteiger partial charge in [-0.1, -0.05) is 31.9 Å². The highest BCUT2D eigenvalue weighted by Crippen LogP contribution is 2.19. The molecule has 0 saturated carbocycles. The number of unbranched alkanes of at least 4 members (excludes halogenated alkanes) is 2. The van der Waals surface area contributed by atoms with Crippen LogP contribution >= 0.6 is 0 Å². The van der Waals surface area contributed by atoms with Crippen LogP contribution in [0.1, 0.15) is 53.6 Å². The molecule has 0 aliphatic heterocycles. The molecule has 1 aromatic heterocycles. The molecular formula is C19H26N4O. The number of aromatic nitrogens is 2. The number of benzene rings is 1. The van der Waals surface area contributed by atoms with Crippen LogP contribution in [0.25, 0.3) is 0 Å². The Balaban J connectivity index is 2.11. The maximum atomic E-state index is 12.5. The van der Waals surface area contributed by atoms with Crippen LogP contribution in [0.4, 0.5) is 11.5 Å². The highest BCUT2D eigenvalue weighted by atomic mass is 16.1. The van der Waals surface area contributed by atoms with Crippen molar-refractivity contribution in [2.75, 3.05) is 17.2 Å². The zero-order valence-electron chi connectivity index (χ0n) is 14.9. The van der Waals surface area contributed by atoms with Gasteiger partial charge in [0.2, 0.25) is 0 Å². The van der Waals surface area contributed by atoms with Crippen molar-refractivity contribution in [2.24, 2.45) is 0 Å². The van der Waals surface area contributed by atoms with Crippen molar-refractivity contribution in [3.8, 4) is 0 Å². The number of hydrogen-bond acceptors (Lipinski definition) is 4. The fraction of sp³-hybridized carbons (Fsp3) is 0.421. The summed E-state index contributed by atoms with van der Waals surface area (Å²) >= 11 is 0. The molecule has 5 heteroatoms. The van der Waals surface area contributed by atoms with E-state index in [0.29, 0.717) is 17.3 Å². The third kappa shape index (κ3) is 4.78. The Bertz CT molecular complexity index is 713. The third-order valence-corrected chi connectivity index (χ3v) is 4.01. The van der Waals surface area contributed by atoms with Gasteiger partial charge in [-0.2, -0.15) is 0 Å². The summed E-state index contributed by atoms with van der Waals surface area (Å²) < 4.78 is 0. The highest BCUT2D eigenvalue weighted by Gasteiger charge is 2.12. The van der Waals surface area contributed by atoms with Crippen LogP contribution < -0.4 is 10.6 Å². The monoisotopic (exact) mass is 326 g/mol. The zero-order chi connectivity index (χ0) is 17.5. The van der Waals surface area contributed by atoms with Gasteiger partial charge in [-0.05, 0) is 44.4 Å². The number of hydrogen-bond donors (Lipinski definition) is 2. The molecule has 2 N–H and O–H groups in total. The fourth-order valence-corrected chi connectivity index (χ4v) is 2.44. The minimum Gasteiger partial charge on any atom is -0.370 e. The summed E-state index contributed by atoms with van der Waals surface area (Å²) in [5.41, 5.74) is 3.40. The lowest BCUT2D eigenvalue weighted by Gasteiger charge is -2.11. The van der Waals surface area contributed by atoms with E-state index in [0.717, 1.165) is 29.8 Å². The first-order valence-electron chi connectivity index (χ1n) is 8.48. The molecule has 0 radical (unpaired) electrons. The van der Waals surface area contributed by atoms with Crippen LogP contribution in [-0.4, -0.2) is 22.4 Å². The Kier molecular flexibility index (Phi) is 6.29. The quantitative estimate of drug-likeness (QED) is 0.746. The van der Waals surface area contributed by atoms with Gasteiger partial charge >= 0.3 is 0 Å². The summed E-state index contributed by atoms with van der Waals surface area (Å²) in [6.45, 7) is 8.84. The Morgan fingerprint density at radius 2 is 1.92 bits per heavy atom. The van der Waals surface area contributed by atoms with Crippen molar-refractivity contribution >= 4 is 17.4 Å². The Morgan fingerprint density at radius 3 is 2.67 bits per heavy atom. The van der Waals surface area contributed by atoms with Gasteiger partial charge in [0.25, 0.3) is 5.91 Å². The van der Waals surface area contributed by atoms with Crippen LogP contribution in [0.3, 0.4) is 0 Å². The number of nitrogens with zero attached hydrogens (tertiary/aromatic N) is 2. The van der Waals surface area contributed by atoms with Gasteiger partial charge in [-0.3, -0.25) is 4.79 Å². The Hall–Kier alpha value is -2.43. The van der Waals surface area contributed by atoms with E-state index < -0.39 is 0 Å². The third-order valence-electron chi connectivity index (χ3n) is 4.01. The molecule has 128 valence electrons. The molecule has 0 bridgehead atoms. The van der Waals surface area contributed by atoms with Gasteiger partial charge in [0, 0.05) is 18.3 Å². The topological polar surface area (TPSA) is 66.9 Å². The predicted octanol–water partition coefficient (Wildman–Crippen LogP) is 4.26. The summed E-state index contributed by atoms with van der Waals surface area (Å²) in [7, 11) is 0. The number of nitrogens with one attached hydrogen (secondary N) is 2. The Morgan fingerprint density at radius 1 is 1.12 bits per heavy atom. The summed E-state index contributed by atoms with van der Waals surface area (Å²) in [5.74, 6) is 1.07. The lowest BCUT2D eigenvalue weighted by Crippen LogP contribution is -2.16. The minimum atomic E-state index is -0.217. The molecule has 0 spiro atoms. The van der Waals surface area contributed by atoms with Crippen LogP contribution in [0.2, 0.25) is 0 Å². The largest absolute Gasteiger partial charge is 0.370 e. The standard InChI is InChI=1S/C19H26N4O/c1-5-6-7-11-20-18-12-17(21-15(4)22-18)19(24)23-16-10-8-9-13(2)14(16)3/h8-10,12H,5-7,11H2,1-4H3,(H,23,24)(H,20,21,22). The van der Waals surface area contributed by atoms with Crippen molar-refractivity contribution in [1.29, 1.82) is 0 Å². The SMILES string of the molecule is CCCCCNc1cc(C(=O)Nc2cccc(C)c2C)nc(C)n1. The first kappa shape index (κ1) is 17.9. The molecule has 0 unspecified atom stereocenters. The molecule has 0 aliphatic rings. The number of amides is 1. The highest BCUT2D eigenvalue weighted by molar-refractivity contribution is 6.03. The van der Waals surface area contributed by atoms with Gasteiger partial charge in [-0.15, -0.1) is 0 Å². The number of carbonyl (C=O) groups is 1. The maximum absolute atomic E-state index is 12.5. The minimum absolute atomic E-state index is 0.217. The van der Waals surface area contributed by atoms with E-state index in [1.807, 2.05) is 32.0 Å². The van der Waals surface area contributed by atoms with Gasteiger partial charge in [0.05, 0.1) is 0 Å². The van der Waals surface area contributed by atoms with Crippen LogP contribution in [0.5, 0.6) is 0 Å². The van der Waals surface area contributed by atoms with E-state index >= 15 is 0 Å². The van der Waals surface area contributed by atoms with E-state index in [4.69, 9.17) is 0 Å². The van der Waals surface area contributed by atoms with Gasteiger partial charge < -0.3 is 10.6 Å². The van der Waals surface area contributed by atoms with E-state index in [2.05, 4.69) is 27.5 Å². The Labute approximate surface area is 143 Å². The molecular weight excluding hydrogens is 300 g/mol. The molecule has 2 rings (SSSR count). The summed E-state index contributed by atoms with van der Waals surface area (Å²) in [6, 6.07) is 7.57. The zero-order valence-corrected chi connectivity index (χ0v) is 14.9. The molecule has 0 saturated heterocycles. The van der Waals surface area contributed by atoms with E-state index in [1.165, 1.54) is 12.8 Å². The van der Waals surface area contributed by atoms with Crippen molar-refractivity contribution in [2.45, 2.75) is 47.0 Å². The fourth-order valence-electron chi connectivity index (χ4n) is 2.44. The smallest absolute Gasteiger partial charge is 0.274 e. The van der Waals surface area contributed by atoms with Crippen LogP contribution in [0.15, 0.2) is 24.3 Å². The second-order valence-corrected chi connectivity index (χ2v) is 6.02. The number of carbonyl (C=O) groups excluding carboxylic acids is 1. The molecule has 1 heterocycles. The second kappa shape index (κ2) is 8.43. The lowest BCUT2D eigenvalue weighted by atomic mass is 10.1. The molecule has 1 amide bonds. The van der Waals surface area contributed by atoms with Crippen LogP contribution in [-0.2, 0) is 0 Å². The average Bonchev–Trinajstić information content (AvgIpc) is 2.55. The van der Waals surface area contributed by atoms with Gasteiger partial charge in [-0.25, -0.2) is 9.97 Å². The molecule has 0 fully saturated rings. The van der Waals surface area contributed by atoms with Crippen molar-refractivity contribution < 1.29 is 4.79 Å². The molecule has 0 aliphatic carbocycles.